The van der Waals surface area contributed by atoms with Crippen LogP contribution in [0.1, 0.15) is 92.2 Å². The quantitative estimate of drug-likeness (QED) is 0.209. The van der Waals surface area contributed by atoms with Crippen molar-refractivity contribution in [2.75, 3.05) is 6.61 Å². The fourth-order valence-electron chi connectivity index (χ4n) is 5.94. The highest BCUT2D eigenvalue weighted by Crippen LogP contribution is 2.41. The zero-order valence-electron chi connectivity index (χ0n) is 22.3. The van der Waals surface area contributed by atoms with Crippen LogP contribution in [0.4, 0.5) is 26.3 Å². The van der Waals surface area contributed by atoms with Gasteiger partial charge in [-0.15, -0.1) is 0 Å². The molecule has 40 heavy (non-hydrogen) atoms. The van der Waals surface area contributed by atoms with E-state index in [1.807, 2.05) is 6.92 Å². The first kappa shape index (κ1) is 28.7. The second-order valence-electron chi connectivity index (χ2n) is 11.0. The molecule has 2 unspecified atom stereocenters. The van der Waals surface area contributed by atoms with Crippen LogP contribution in [0.5, 0.6) is 0 Å². The standard InChI is InChI=1S/C32H32F6O2/c1-2-3-25(39)23-14-12-20(28(34)31(23)37)18-7-4-17(5-8-18)6-9-19-10-11-21(29(35)27(19)33)22-13-15-24(26-16-40-26)32(38)30(22)36/h10-15,17-18,25-26,39H,2-9,16H2,1H3. The van der Waals surface area contributed by atoms with Crippen molar-refractivity contribution < 1.29 is 36.2 Å². The van der Waals surface area contributed by atoms with E-state index in [4.69, 9.17) is 4.74 Å². The maximum atomic E-state index is 15.0. The zero-order chi connectivity index (χ0) is 28.6. The lowest BCUT2D eigenvalue weighted by molar-refractivity contribution is 0.160. The van der Waals surface area contributed by atoms with Crippen LogP contribution >= 0.6 is 0 Å². The monoisotopic (exact) mass is 562 g/mol. The lowest BCUT2D eigenvalue weighted by Crippen LogP contribution is -2.16. The first-order valence-electron chi connectivity index (χ1n) is 13.9. The van der Waals surface area contributed by atoms with Gasteiger partial charge in [0.15, 0.2) is 34.9 Å². The molecular formula is C32H32F6O2. The molecule has 0 bridgehead atoms. The van der Waals surface area contributed by atoms with Crippen molar-refractivity contribution in [3.05, 3.63) is 93.6 Å². The van der Waals surface area contributed by atoms with E-state index in [9.17, 15) is 31.4 Å². The van der Waals surface area contributed by atoms with Crippen LogP contribution in [0.3, 0.4) is 0 Å². The number of halogens is 6. The molecule has 0 spiro atoms. The zero-order valence-corrected chi connectivity index (χ0v) is 22.3. The molecule has 1 aliphatic carbocycles. The fraction of sp³-hybridized carbons (Fsp3) is 0.438. The summed E-state index contributed by atoms with van der Waals surface area (Å²) >= 11 is 0. The van der Waals surface area contributed by atoms with Gasteiger partial charge in [0.25, 0.3) is 0 Å². The number of benzene rings is 3. The van der Waals surface area contributed by atoms with Gasteiger partial charge in [-0.05, 0) is 67.9 Å². The lowest BCUT2D eigenvalue weighted by atomic mass is 9.76. The van der Waals surface area contributed by atoms with Crippen LogP contribution in [0.25, 0.3) is 11.1 Å². The Morgan fingerprint density at radius 2 is 1.35 bits per heavy atom. The molecule has 3 aromatic rings. The molecule has 2 nitrogen and oxygen atoms in total. The molecule has 5 rings (SSSR count). The summed E-state index contributed by atoms with van der Waals surface area (Å²) in [6.07, 6.45) is 3.05. The summed E-state index contributed by atoms with van der Waals surface area (Å²) in [6, 6.07) is 8.28. The van der Waals surface area contributed by atoms with E-state index in [2.05, 4.69) is 0 Å². The van der Waals surface area contributed by atoms with Crippen molar-refractivity contribution in [3.63, 3.8) is 0 Å². The highest BCUT2D eigenvalue weighted by molar-refractivity contribution is 5.66. The van der Waals surface area contributed by atoms with E-state index >= 15 is 0 Å². The normalized spacial score (nSPS) is 21.4. The van der Waals surface area contributed by atoms with Crippen molar-refractivity contribution in [2.24, 2.45) is 5.92 Å². The Bertz CT molecular complexity index is 1380. The third-order valence-corrected chi connectivity index (χ3v) is 8.42. The number of aliphatic hydroxyl groups is 1. The number of aryl methyl sites for hydroxylation is 1. The van der Waals surface area contributed by atoms with Gasteiger partial charge in [0, 0.05) is 22.3 Å². The van der Waals surface area contributed by atoms with Gasteiger partial charge < -0.3 is 9.84 Å². The first-order valence-corrected chi connectivity index (χ1v) is 13.9. The van der Waals surface area contributed by atoms with Crippen molar-refractivity contribution in [1.29, 1.82) is 0 Å². The summed E-state index contributed by atoms with van der Waals surface area (Å²) in [4.78, 5) is 0. The van der Waals surface area contributed by atoms with E-state index in [0.717, 1.165) is 12.8 Å². The molecule has 1 aliphatic heterocycles. The van der Waals surface area contributed by atoms with Crippen LogP contribution in [0, 0.1) is 40.8 Å². The predicted octanol–water partition coefficient (Wildman–Crippen LogP) is 9.00. The van der Waals surface area contributed by atoms with E-state index < -0.39 is 47.1 Å². The Balaban J connectivity index is 1.21. The summed E-state index contributed by atoms with van der Waals surface area (Å²) in [5, 5.41) is 10.1. The highest BCUT2D eigenvalue weighted by atomic mass is 19.2. The highest BCUT2D eigenvalue weighted by Gasteiger charge is 2.31. The van der Waals surface area contributed by atoms with Crippen molar-refractivity contribution >= 4 is 0 Å². The Morgan fingerprint density at radius 1 is 0.750 bits per heavy atom. The van der Waals surface area contributed by atoms with Crippen LogP contribution in [-0.2, 0) is 11.2 Å². The average molecular weight is 563 g/mol. The average Bonchev–Trinajstić information content (AvgIpc) is 3.79. The second-order valence-corrected chi connectivity index (χ2v) is 11.0. The molecule has 2 aliphatic rings. The Labute approximate surface area is 230 Å². The van der Waals surface area contributed by atoms with Gasteiger partial charge in [0.1, 0.15) is 6.10 Å². The molecule has 1 saturated heterocycles. The minimum Gasteiger partial charge on any atom is -0.388 e. The van der Waals surface area contributed by atoms with Crippen LogP contribution in [-0.4, -0.2) is 11.7 Å². The molecule has 1 heterocycles. The second kappa shape index (κ2) is 12.0. The molecule has 2 fully saturated rings. The molecule has 8 heteroatoms. The van der Waals surface area contributed by atoms with Gasteiger partial charge in [-0.3, -0.25) is 0 Å². The van der Waals surface area contributed by atoms with Crippen LogP contribution in [0.15, 0.2) is 36.4 Å². The summed E-state index contributed by atoms with van der Waals surface area (Å²) in [6.45, 7) is 2.15. The SMILES string of the molecule is CCCC(O)c1ccc(C2CCC(CCc3ccc(-c4ccc(C5CO5)c(F)c4F)c(F)c3F)CC2)c(F)c1F. The van der Waals surface area contributed by atoms with E-state index in [0.29, 0.717) is 44.3 Å². The molecule has 2 atom stereocenters. The van der Waals surface area contributed by atoms with Gasteiger partial charge in [-0.2, -0.15) is 0 Å². The molecule has 0 aromatic heterocycles. The topological polar surface area (TPSA) is 32.8 Å². The Morgan fingerprint density at radius 3 is 2.00 bits per heavy atom. The first-order chi connectivity index (χ1) is 19.2. The molecule has 214 valence electrons. The molecule has 3 aromatic carbocycles. The largest absolute Gasteiger partial charge is 0.388 e. The number of hydrogen-bond acceptors (Lipinski definition) is 2. The minimum absolute atomic E-state index is 0.0187. The van der Waals surface area contributed by atoms with E-state index in [-0.39, 0.29) is 46.1 Å². The number of ether oxygens (including phenoxy) is 1. The molecule has 1 N–H and O–H groups in total. The van der Waals surface area contributed by atoms with E-state index in [1.54, 1.807) is 6.07 Å². The van der Waals surface area contributed by atoms with Gasteiger partial charge >= 0.3 is 0 Å². The molecule has 0 radical (unpaired) electrons. The van der Waals surface area contributed by atoms with Crippen molar-refractivity contribution in [3.8, 4) is 11.1 Å². The Kier molecular flexibility index (Phi) is 8.57. The summed E-state index contributed by atoms with van der Waals surface area (Å²) < 4.78 is 93.4. The van der Waals surface area contributed by atoms with Gasteiger partial charge in [-0.1, -0.05) is 49.7 Å². The minimum atomic E-state index is -1.24. The van der Waals surface area contributed by atoms with E-state index in [1.165, 1.54) is 30.3 Å². The van der Waals surface area contributed by atoms with Gasteiger partial charge in [-0.25, -0.2) is 26.3 Å². The van der Waals surface area contributed by atoms with Crippen molar-refractivity contribution in [2.45, 2.75) is 76.4 Å². The van der Waals surface area contributed by atoms with Gasteiger partial charge in [0.05, 0.1) is 12.7 Å². The smallest absolute Gasteiger partial charge is 0.167 e. The summed E-state index contributed by atoms with van der Waals surface area (Å²) in [5.74, 6) is -6.49. The number of aliphatic hydroxyl groups excluding tert-OH is 1. The number of hydrogen-bond donors (Lipinski definition) is 1. The van der Waals surface area contributed by atoms with Crippen LogP contribution in [0.2, 0.25) is 0 Å². The summed E-state index contributed by atoms with van der Waals surface area (Å²) in [7, 11) is 0. The third-order valence-electron chi connectivity index (χ3n) is 8.42. The molecular weight excluding hydrogens is 530 g/mol. The number of epoxide rings is 1. The van der Waals surface area contributed by atoms with Crippen LogP contribution < -0.4 is 0 Å². The van der Waals surface area contributed by atoms with Crippen molar-refractivity contribution in [1.82, 2.24) is 0 Å². The summed E-state index contributed by atoms with van der Waals surface area (Å²) in [5.41, 5.74) is -0.183. The lowest BCUT2D eigenvalue weighted by Gasteiger charge is -2.29. The number of rotatable bonds is 9. The van der Waals surface area contributed by atoms with Gasteiger partial charge in [0.2, 0.25) is 0 Å². The predicted molar refractivity (Wildman–Crippen MR) is 140 cm³/mol. The third kappa shape index (κ3) is 5.66. The molecule has 1 saturated carbocycles. The Hall–Kier alpha value is -2.84. The fourth-order valence-corrected chi connectivity index (χ4v) is 5.94. The maximum Gasteiger partial charge on any atom is 0.167 e. The maximum absolute atomic E-state index is 15.0. The molecule has 0 amide bonds.